The third-order valence-corrected chi connectivity index (χ3v) is 22.2. The fourth-order valence-corrected chi connectivity index (χ4v) is 24.7. The van der Waals surface area contributed by atoms with Gasteiger partial charge < -0.3 is 9.55 Å². The van der Waals surface area contributed by atoms with Crippen LogP contribution in [-0.4, -0.2) is 40.3 Å². The monoisotopic (exact) mass is 342 g/mol. The Labute approximate surface area is 142 Å². The average Bonchev–Trinajstić information content (AvgIpc) is 2.76. The van der Waals surface area contributed by atoms with E-state index >= 15 is 0 Å². The molecule has 2 nitrogen and oxygen atoms in total. The van der Waals surface area contributed by atoms with Crippen LogP contribution < -0.4 is 5.32 Å². The number of nitrogens with one attached hydrogen (secondary N) is 1. The van der Waals surface area contributed by atoms with E-state index < -0.39 is 16.5 Å². The van der Waals surface area contributed by atoms with Gasteiger partial charge in [0.1, 0.15) is 16.5 Å². The summed E-state index contributed by atoms with van der Waals surface area (Å²) in [5.74, 6) is 0. The van der Waals surface area contributed by atoms with E-state index in [4.69, 9.17) is 0 Å². The Kier molecular flexibility index (Phi) is 7.37. The van der Waals surface area contributed by atoms with Gasteiger partial charge in [0.2, 0.25) is 0 Å². The van der Waals surface area contributed by atoms with Crippen molar-refractivity contribution in [3.63, 3.8) is 0 Å². The molecule has 0 amide bonds. The Balaban J connectivity index is 3.29. The molecule has 1 aliphatic heterocycles. The number of rotatable bonds is 8. The molecule has 4 heteroatoms. The van der Waals surface area contributed by atoms with Crippen molar-refractivity contribution in [3.05, 3.63) is 0 Å². The van der Waals surface area contributed by atoms with E-state index in [1.165, 1.54) is 13.1 Å². The summed E-state index contributed by atoms with van der Waals surface area (Å²) < 4.78 is 3.23. The van der Waals surface area contributed by atoms with Crippen molar-refractivity contribution in [2.45, 2.75) is 96.6 Å². The highest BCUT2D eigenvalue weighted by Crippen LogP contribution is 2.55. The van der Waals surface area contributed by atoms with E-state index in [-0.39, 0.29) is 0 Å². The average molecular weight is 343 g/mol. The fraction of sp³-hybridized carbons (Fsp3) is 1.00. The maximum absolute atomic E-state index is 3.61. The molecule has 1 fully saturated rings. The molecular formula is C18H42N2Si2. The number of likely N-dealkylation sites (N-methyl/N-ethyl adjacent to an activating group) is 1. The normalized spacial score (nSPS) is 21.7. The zero-order valence-corrected chi connectivity index (χ0v) is 18.8. The minimum atomic E-state index is -1.37. The second-order valence-electron chi connectivity index (χ2n) is 8.61. The van der Waals surface area contributed by atoms with Crippen LogP contribution in [0, 0.1) is 0 Å². The zero-order chi connectivity index (χ0) is 17.1. The first-order valence-electron chi connectivity index (χ1n) is 9.66. The van der Waals surface area contributed by atoms with Crippen LogP contribution in [0.2, 0.25) is 34.3 Å². The van der Waals surface area contributed by atoms with Crippen LogP contribution in [0.25, 0.3) is 0 Å². The van der Waals surface area contributed by atoms with Crippen molar-refractivity contribution in [1.29, 1.82) is 0 Å². The van der Waals surface area contributed by atoms with E-state index in [2.05, 4.69) is 71.9 Å². The molecule has 0 unspecified atom stereocenters. The van der Waals surface area contributed by atoms with Crippen LogP contribution in [0.5, 0.6) is 0 Å². The van der Waals surface area contributed by atoms with Crippen LogP contribution in [0.4, 0.5) is 0 Å². The summed E-state index contributed by atoms with van der Waals surface area (Å²) in [5, 5.41) is 3.61. The first kappa shape index (κ1) is 20.4. The molecule has 0 radical (unpaired) electrons. The second kappa shape index (κ2) is 7.95. The predicted molar refractivity (Wildman–Crippen MR) is 107 cm³/mol. The molecule has 0 aliphatic carbocycles. The lowest BCUT2D eigenvalue weighted by molar-refractivity contribution is 0.525. The predicted octanol–water partition coefficient (Wildman–Crippen LogP) is 5.44. The van der Waals surface area contributed by atoms with Crippen LogP contribution in [0.15, 0.2) is 0 Å². The highest BCUT2D eigenvalue weighted by Gasteiger charge is 2.61. The van der Waals surface area contributed by atoms with Crippen molar-refractivity contribution in [2.24, 2.45) is 0 Å². The molecule has 22 heavy (non-hydrogen) atoms. The fourth-order valence-electron chi connectivity index (χ4n) is 5.58. The summed E-state index contributed by atoms with van der Waals surface area (Å²) in [5.41, 5.74) is 3.50. The number of hydrogen-bond donors (Lipinski definition) is 1. The van der Waals surface area contributed by atoms with E-state index in [1.807, 2.05) is 0 Å². The lowest BCUT2D eigenvalue weighted by Crippen LogP contribution is -2.66. The molecule has 0 saturated carbocycles. The van der Waals surface area contributed by atoms with E-state index in [0.717, 1.165) is 28.7 Å². The Morgan fingerprint density at radius 2 is 1.14 bits per heavy atom. The Bertz CT molecular complexity index is 296. The highest BCUT2D eigenvalue weighted by atomic mass is 28.4. The van der Waals surface area contributed by atoms with Gasteiger partial charge in [-0.05, 0) is 47.3 Å². The van der Waals surface area contributed by atoms with Gasteiger partial charge in [-0.15, -0.1) is 0 Å². The lowest BCUT2D eigenvalue weighted by atomic mass is 10.5. The number of nitrogens with zero attached hydrogens (tertiary/aromatic N) is 1. The summed E-state index contributed by atoms with van der Waals surface area (Å²) in [6.07, 6.45) is 0. The van der Waals surface area contributed by atoms with Crippen LogP contribution in [-0.2, 0) is 0 Å². The maximum atomic E-state index is 3.61. The molecule has 0 spiro atoms. The second-order valence-corrected chi connectivity index (χ2v) is 19.7. The third kappa shape index (κ3) is 3.26. The largest absolute Gasteiger partial charge is 0.343 e. The topological polar surface area (TPSA) is 15.3 Å². The Morgan fingerprint density at radius 1 is 0.773 bits per heavy atom. The zero-order valence-electron chi connectivity index (χ0n) is 16.8. The highest BCUT2D eigenvalue weighted by molar-refractivity contribution is 6.99. The molecule has 1 saturated heterocycles. The maximum Gasteiger partial charge on any atom is 0.126 e. The van der Waals surface area contributed by atoms with Crippen LogP contribution >= 0.6 is 0 Å². The Morgan fingerprint density at radius 3 is 1.41 bits per heavy atom. The Hall–Kier alpha value is 0.354. The summed E-state index contributed by atoms with van der Waals surface area (Å²) in [4.78, 5) is 0. The van der Waals surface area contributed by atoms with Crippen molar-refractivity contribution in [2.75, 3.05) is 19.6 Å². The number of hydrogen-bond acceptors (Lipinski definition) is 2. The molecule has 1 N–H and O–H groups in total. The van der Waals surface area contributed by atoms with Crippen molar-refractivity contribution < 1.29 is 0 Å². The third-order valence-electron chi connectivity index (χ3n) is 6.69. The molecule has 0 aromatic rings. The van der Waals surface area contributed by atoms with E-state index in [1.54, 1.807) is 12.1 Å². The SMILES string of the molecule is CCNCCN1[Si](C(C)C)(C(C)C)CC[Si]1(C(C)C)C(C)C. The van der Waals surface area contributed by atoms with Gasteiger partial charge in [-0.3, -0.25) is 0 Å². The summed E-state index contributed by atoms with van der Waals surface area (Å²) >= 11 is 0. The molecule has 0 atom stereocenters. The van der Waals surface area contributed by atoms with Gasteiger partial charge in [0.25, 0.3) is 0 Å². The van der Waals surface area contributed by atoms with Crippen molar-refractivity contribution in [1.82, 2.24) is 9.55 Å². The van der Waals surface area contributed by atoms with Gasteiger partial charge in [0.15, 0.2) is 0 Å². The molecule has 0 aromatic heterocycles. The summed E-state index contributed by atoms with van der Waals surface area (Å²) in [6, 6.07) is 3.11. The van der Waals surface area contributed by atoms with Gasteiger partial charge >= 0.3 is 0 Å². The van der Waals surface area contributed by atoms with Crippen LogP contribution in [0.3, 0.4) is 0 Å². The quantitative estimate of drug-likeness (QED) is 0.466. The summed E-state index contributed by atoms with van der Waals surface area (Å²) in [7, 11) is -2.74. The molecule has 1 heterocycles. The first-order chi connectivity index (χ1) is 10.2. The first-order valence-corrected chi connectivity index (χ1v) is 14.3. The minimum absolute atomic E-state index is 0.876. The minimum Gasteiger partial charge on any atom is -0.343 e. The van der Waals surface area contributed by atoms with Crippen molar-refractivity contribution in [3.8, 4) is 0 Å². The molecule has 132 valence electrons. The molecular weight excluding hydrogens is 300 g/mol. The molecule has 1 aliphatic rings. The standard InChI is InChI=1S/C18H42N2Si2/c1-10-19-11-12-20-21(15(2)3,16(4)5)13-14-22(20,17(6)7)18(8)9/h15-19H,10-14H2,1-9H3. The van der Waals surface area contributed by atoms with E-state index in [0.29, 0.717) is 0 Å². The van der Waals surface area contributed by atoms with Gasteiger partial charge in [-0.2, -0.15) is 0 Å². The van der Waals surface area contributed by atoms with Crippen LogP contribution in [0.1, 0.15) is 62.3 Å². The molecule has 0 aromatic carbocycles. The molecule has 0 bridgehead atoms. The summed E-state index contributed by atoms with van der Waals surface area (Å²) in [6.45, 7) is 26.0. The molecule has 1 rings (SSSR count). The van der Waals surface area contributed by atoms with Gasteiger partial charge in [-0.1, -0.05) is 62.3 Å². The smallest absolute Gasteiger partial charge is 0.126 e. The van der Waals surface area contributed by atoms with E-state index in [9.17, 15) is 0 Å². The lowest BCUT2D eigenvalue weighted by Gasteiger charge is -2.53. The van der Waals surface area contributed by atoms with Crippen molar-refractivity contribution >= 4 is 16.5 Å². The van der Waals surface area contributed by atoms with Gasteiger partial charge in [0.05, 0.1) is 0 Å². The van der Waals surface area contributed by atoms with Gasteiger partial charge in [0, 0.05) is 6.54 Å². The van der Waals surface area contributed by atoms with Gasteiger partial charge in [-0.25, -0.2) is 0 Å².